The van der Waals surface area contributed by atoms with Crippen molar-refractivity contribution >= 4 is 11.6 Å². The SMILES string of the molecule is CN(C)C(=O)c1ccc(NCC2CCCOC2)cc1. The highest BCUT2D eigenvalue weighted by molar-refractivity contribution is 5.94. The van der Waals surface area contributed by atoms with Gasteiger partial charge in [-0.05, 0) is 43.0 Å². The van der Waals surface area contributed by atoms with Gasteiger partial charge in [0, 0.05) is 38.5 Å². The lowest BCUT2D eigenvalue weighted by atomic mass is 10.0. The van der Waals surface area contributed by atoms with Gasteiger partial charge in [-0.2, -0.15) is 0 Å². The maximum atomic E-state index is 11.7. The summed E-state index contributed by atoms with van der Waals surface area (Å²) in [5.74, 6) is 0.629. The Labute approximate surface area is 114 Å². The minimum Gasteiger partial charge on any atom is -0.385 e. The van der Waals surface area contributed by atoms with E-state index < -0.39 is 0 Å². The molecule has 1 saturated heterocycles. The molecule has 0 bridgehead atoms. The van der Waals surface area contributed by atoms with Gasteiger partial charge in [-0.25, -0.2) is 0 Å². The molecule has 0 saturated carbocycles. The molecule has 0 aliphatic carbocycles. The largest absolute Gasteiger partial charge is 0.385 e. The van der Waals surface area contributed by atoms with Gasteiger partial charge in [0.2, 0.25) is 0 Å². The Kier molecular flexibility index (Phi) is 4.80. The van der Waals surface area contributed by atoms with Crippen LogP contribution >= 0.6 is 0 Å². The fraction of sp³-hybridized carbons (Fsp3) is 0.533. The van der Waals surface area contributed by atoms with Crippen LogP contribution < -0.4 is 5.32 Å². The Morgan fingerprint density at radius 3 is 2.68 bits per heavy atom. The lowest BCUT2D eigenvalue weighted by Gasteiger charge is -2.22. The van der Waals surface area contributed by atoms with Gasteiger partial charge in [0.05, 0.1) is 6.61 Å². The smallest absolute Gasteiger partial charge is 0.253 e. The van der Waals surface area contributed by atoms with Gasteiger partial charge in [-0.15, -0.1) is 0 Å². The highest BCUT2D eigenvalue weighted by Gasteiger charge is 2.13. The zero-order chi connectivity index (χ0) is 13.7. The third-order valence-electron chi connectivity index (χ3n) is 3.39. The molecule has 0 spiro atoms. The average Bonchev–Trinajstić information content (AvgIpc) is 2.46. The maximum Gasteiger partial charge on any atom is 0.253 e. The lowest BCUT2D eigenvalue weighted by Crippen LogP contribution is -2.24. The molecule has 4 heteroatoms. The van der Waals surface area contributed by atoms with Crippen molar-refractivity contribution in [3.63, 3.8) is 0 Å². The molecule has 104 valence electrons. The zero-order valence-corrected chi connectivity index (χ0v) is 11.7. The number of anilines is 1. The van der Waals surface area contributed by atoms with Gasteiger partial charge in [0.1, 0.15) is 0 Å². The summed E-state index contributed by atoms with van der Waals surface area (Å²) in [7, 11) is 3.52. The van der Waals surface area contributed by atoms with Crippen LogP contribution in [0.3, 0.4) is 0 Å². The number of carbonyl (C=O) groups is 1. The molecule has 1 fully saturated rings. The molecule has 1 unspecified atom stereocenters. The second kappa shape index (κ2) is 6.57. The summed E-state index contributed by atoms with van der Waals surface area (Å²) in [5.41, 5.74) is 1.78. The molecule has 1 atom stereocenters. The molecule has 0 radical (unpaired) electrons. The molecule has 4 nitrogen and oxygen atoms in total. The molecule has 1 aromatic carbocycles. The van der Waals surface area contributed by atoms with Crippen molar-refractivity contribution < 1.29 is 9.53 Å². The average molecular weight is 262 g/mol. The standard InChI is InChI=1S/C15H22N2O2/c1-17(2)15(18)13-5-7-14(8-6-13)16-10-12-4-3-9-19-11-12/h5-8,12,16H,3-4,9-11H2,1-2H3. The van der Waals surface area contributed by atoms with Crippen molar-refractivity contribution in [2.24, 2.45) is 5.92 Å². The first-order valence-corrected chi connectivity index (χ1v) is 6.80. The fourth-order valence-corrected chi connectivity index (χ4v) is 2.22. The predicted molar refractivity (Wildman–Crippen MR) is 76.5 cm³/mol. The minimum atomic E-state index is 0.0345. The van der Waals surface area contributed by atoms with E-state index in [0.29, 0.717) is 5.92 Å². The second-order valence-electron chi connectivity index (χ2n) is 5.24. The zero-order valence-electron chi connectivity index (χ0n) is 11.7. The van der Waals surface area contributed by atoms with Gasteiger partial charge < -0.3 is 15.0 Å². The van der Waals surface area contributed by atoms with Crippen molar-refractivity contribution in [3.05, 3.63) is 29.8 Å². The summed E-state index contributed by atoms with van der Waals surface area (Å²) in [6.07, 6.45) is 2.38. The number of rotatable bonds is 4. The van der Waals surface area contributed by atoms with E-state index in [9.17, 15) is 4.79 Å². The molecule has 1 N–H and O–H groups in total. The van der Waals surface area contributed by atoms with Crippen LogP contribution in [0.2, 0.25) is 0 Å². The Bertz CT molecular complexity index is 409. The number of benzene rings is 1. The van der Waals surface area contributed by atoms with Gasteiger partial charge >= 0.3 is 0 Å². The quantitative estimate of drug-likeness (QED) is 0.904. The van der Waals surface area contributed by atoms with Crippen LogP contribution in [0.5, 0.6) is 0 Å². The van der Waals surface area contributed by atoms with Crippen LogP contribution in [0.1, 0.15) is 23.2 Å². The Hall–Kier alpha value is -1.55. The summed E-state index contributed by atoms with van der Waals surface area (Å²) < 4.78 is 5.46. The fourth-order valence-electron chi connectivity index (χ4n) is 2.22. The van der Waals surface area contributed by atoms with Crippen LogP contribution in [0.15, 0.2) is 24.3 Å². The summed E-state index contributed by atoms with van der Waals surface area (Å²) in [6.45, 7) is 2.68. The van der Waals surface area contributed by atoms with Gasteiger partial charge in [-0.3, -0.25) is 4.79 Å². The lowest BCUT2D eigenvalue weighted by molar-refractivity contribution is 0.0595. The van der Waals surface area contributed by atoms with Crippen molar-refractivity contribution in [2.45, 2.75) is 12.8 Å². The molecule has 0 aromatic heterocycles. The number of nitrogens with zero attached hydrogens (tertiary/aromatic N) is 1. The van der Waals surface area contributed by atoms with Crippen LogP contribution in [0.4, 0.5) is 5.69 Å². The molecular weight excluding hydrogens is 240 g/mol. The van der Waals surface area contributed by atoms with Crippen molar-refractivity contribution in [1.82, 2.24) is 4.90 Å². The molecule has 1 aliphatic rings. The minimum absolute atomic E-state index is 0.0345. The van der Waals surface area contributed by atoms with E-state index >= 15 is 0 Å². The van der Waals surface area contributed by atoms with Gasteiger partial charge in [0.15, 0.2) is 0 Å². The number of hydrogen-bond donors (Lipinski definition) is 1. The maximum absolute atomic E-state index is 11.7. The van der Waals surface area contributed by atoms with Crippen molar-refractivity contribution in [2.75, 3.05) is 39.2 Å². The Morgan fingerprint density at radius 1 is 1.37 bits per heavy atom. The Balaban J connectivity index is 1.86. The summed E-state index contributed by atoms with van der Waals surface area (Å²) >= 11 is 0. The third-order valence-corrected chi connectivity index (χ3v) is 3.39. The summed E-state index contributed by atoms with van der Waals surface area (Å²) in [4.78, 5) is 13.3. The van der Waals surface area contributed by atoms with Crippen molar-refractivity contribution in [1.29, 1.82) is 0 Å². The highest BCUT2D eigenvalue weighted by atomic mass is 16.5. The topological polar surface area (TPSA) is 41.6 Å². The predicted octanol–water partition coefficient (Wildman–Crippen LogP) is 2.23. The van der Waals surface area contributed by atoms with Crippen LogP contribution in [0, 0.1) is 5.92 Å². The first-order chi connectivity index (χ1) is 9.16. The second-order valence-corrected chi connectivity index (χ2v) is 5.24. The molecule has 19 heavy (non-hydrogen) atoms. The number of nitrogens with one attached hydrogen (secondary N) is 1. The highest BCUT2D eigenvalue weighted by Crippen LogP contribution is 2.16. The van der Waals surface area contributed by atoms with E-state index in [1.54, 1.807) is 19.0 Å². The van der Waals surface area contributed by atoms with E-state index in [2.05, 4.69) is 5.32 Å². The summed E-state index contributed by atoms with van der Waals surface area (Å²) in [6, 6.07) is 7.64. The van der Waals surface area contributed by atoms with E-state index in [1.807, 2.05) is 24.3 Å². The van der Waals surface area contributed by atoms with Crippen molar-refractivity contribution in [3.8, 4) is 0 Å². The Morgan fingerprint density at radius 2 is 2.11 bits per heavy atom. The number of hydrogen-bond acceptors (Lipinski definition) is 3. The number of ether oxygens (including phenoxy) is 1. The van der Waals surface area contributed by atoms with Crippen LogP contribution in [-0.4, -0.2) is 44.7 Å². The third kappa shape index (κ3) is 3.96. The number of amides is 1. The molecule has 1 aliphatic heterocycles. The van der Waals surface area contributed by atoms with Gasteiger partial charge in [-0.1, -0.05) is 0 Å². The van der Waals surface area contributed by atoms with E-state index in [1.165, 1.54) is 6.42 Å². The molecular formula is C15H22N2O2. The van der Waals surface area contributed by atoms with E-state index in [4.69, 9.17) is 4.74 Å². The van der Waals surface area contributed by atoms with Crippen LogP contribution in [0.25, 0.3) is 0 Å². The van der Waals surface area contributed by atoms with E-state index in [0.717, 1.165) is 37.4 Å². The molecule has 1 heterocycles. The summed E-state index contributed by atoms with van der Waals surface area (Å²) in [5, 5.41) is 3.40. The normalized spacial score (nSPS) is 18.9. The first-order valence-electron chi connectivity index (χ1n) is 6.80. The molecule has 1 aromatic rings. The monoisotopic (exact) mass is 262 g/mol. The van der Waals surface area contributed by atoms with Gasteiger partial charge in [0.25, 0.3) is 5.91 Å². The first kappa shape index (κ1) is 13.9. The molecule has 2 rings (SSSR count). The van der Waals surface area contributed by atoms with E-state index in [-0.39, 0.29) is 5.91 Å². The number of carbonyl (C=O) groups excluding carboxylic acids is 1. The molecule has 1 amide bonds. The van der Waals surface area contributed by atoms with Crippen LogP contribution in [-0.2, 0) is 4.74 Å².